The molecule has 82 valence electrons. The number of carbonyl (C=O) groups excluding carboxylic acids is 1. The van der Waals surface area contributed by atoms with Crippen LogP contribution in [0.4, 0.5) is 0 Å². The summed E-state index contributed by atoms with van der Waals surface area (Å²) in [4.78, 5) is 11.3. The highest BCUT2D eigenvalue weighted by Gasteiger charge is 2.14. The molecule has 0 aliphatic heterocycles. The second kappa shape index (κ2) is 6.62. The highest BCUT2D eigenvalue weighted by atomic mass is 79.9. The van der Waals surface area contributed by atoms with Crippen molar-refractivity contribution in [1.29, 1.82) is 0 Å². The van der Waals surface area contributed by atoms with E-state index in [0.29, 0.717) is 6.61 Å². The number of carbonyl (C=O) groups is 1. The molecule has 0 saturated carbocycles. The Bertz CT molecular complexity index is 298. The predicted octanol–water partition coefficient (Wildman–Crippen LogP) is 3.29. The molecule has 1 atom stereocenters. The van der Waals surface area contributed by atoms with E-state index < -0.39 is 0 Å². The largest absolute Gasteiger partial charge is 0.460 e. The molecule has 2 nitrogen and oxygen atoms in total. The van der Waals surface area contributed by atoms with Gasteiger partial charge in [-0.05, 0) is 12.0 Å². The van der Waals surface area contributed by atoms with E-state index in [-0.39, 0.29) is 10.8 Å². The highest BCUT2D eigenvalue weighted by Crippen LogP contribution is 2.11. The summed E-state index contributed by atoms with van der Waals surface area (Å²) in [5.74, 6) is -0.180. The first-order chi connectivity index (χ1) is 7.24. The molecule has 1 rings (SSSR count). The smallest absolute Gasteiger partial charge is 0.320 e. The normalized spacial score (nSPS) is 12.1. The summed E-state index contributed by atoms with van der Waals surface area (Å²) in [6.45, 7) is 2.39. The second-order valence-electron chi connectivity index (χ2n) is 3.35. The molecule has 0 heterocycles. The molecule has 0 amide bonds. The van der Waals surface area contributed by atoms with Crippen molar-refractivity contribution in [2.75, 3.05) is 0 Å². The van der Waals surface area contributed by atoms with E-state index in [2.05, 4.69) is 15.9 Å². The lowest BCUT2D eigenvalue weighted by Gasteiger charge is -2.08. The van der Waals surface area contributed by atoms with Gasteiger partial charge in [0.15, 0.2) is 0 Å². The Kier molecular flexibility index (Phi) is 5.40. The van der Waals surface area contributed by atoms with Crippen LogP contribution in [0.3, 0.4) is 0 Å². The molecule has 15 heavy (non-hydrogen) atoms. The predicted molar refractivity (Wildman–Crippen MR) is 63.9 cm³/mol. The van der Waals surface area contributed by atoms with Crippen LogP contribution in [0.1, 0.15) is 25.3 Å². The van der Waals surface area contributed by atoms with E-state index in [1.807, 2.05) is 37.3 Å². The van der Waals surface area contributed by atoms with Gasteiger partial charge in [0.2, 0.25) is 0 Å². The molecule has 0 fully saturated rings. The molecule has 3 heteroatoms. The van der Waals surface area contributed by atoms with E-state index in [4.69, 9.17) is 4.74 Å². The van der Waals surface area contributed by atoms with Gasteiger partial charge >= 0.3 is 5.97 Å². The van der Waals surface area contributed by atoms with Crippen LogP contribution < -0.4 is 0 Å². The molecule has 0 aliphatic rings. The van der Waals surface area contributed by atoms with Crippen molar-refractivity contribution >= 4 is 21.9 Å². The average Bonchev–Trinajstić information content (AvgIpc) is 2.27. The van der Waals surface area contributed by atoms with E-state index >= 15 is 0 Å². The Morgan fingerprint density at radius 2 is 2.07 bits per heavy atom. The highest BCUT2D eigenvalue weighted by molar-refractivity contribution is 9.10. The van der Waals surface area contributed by atoms with Gasteiger partial charge in [0.25, 0.3) is 0 Å². The van der Waals surface area contributed by atoms with Gasteiger partial charge in [0.05, 0.1) is 0 Å². The summed E-state index contributed by atoms with van der Waals surface area (Å²) in [5, 5.41) is 0. The number of hydrogen-bond acceptors (Lipinski definition) is 2. The number of rotatable bonds is 5. The van der Waals surface area contributed by atoms with Crippen molar-refractivity contribution in [3.63, 3.8) is 0 Å². The molecular formula is C12H15BrO2. The lowest BCUT2D eigenvalue weighted by Crippen LogP contribution is -2.16. The maximum Gasteiger partial charge on any atom is 0.320 e. The van der Waals surface area contributed by atoms with Crippen molar-refractivity contribution in [2.45, 2.75) is 31.2 Å². The lowest BCUT2D eigenvalue weighted by molar-refractivity contribution is -0.144. The molecule has 0 aliphatic carbocycles. The third-order valence-corrected chi connectivity index (χ3v) is 2.85. The Labute approximate surface area is 98.8 Å². The van der Waals surface area contributed by atoms with Crippen molar-refractivity contribution < 1.29 is 9.53 Å². The summed E-state index contributed by atoms with van der Waals surface area (Å²) in [7, 11) is 0. The number of esters is 1. The van der Waals surface area contributed by atoms with E-state index in [0.717, 1.165) is 18.4 Å². The van der Waals surface area contributed by atoms with Crippen LogP contribution in [0, 0.1) is 0 Å². The first-order valence-corrected chi connectivity index (χ1v) is 6.00. The molecule has 0 spiro atoms. The summed E-state index contributed by atoms with van der Waals surface area (Å²) in [5.41, 5.74) is 1.02. The minimum atomic E-state index is -0.180. The van der Waals surface area contributed by atoms with E-state index in [1.54, 1.807) is 0 Å². The quantitative estimate of drug-likeness (QED) is 0.606. The summed E-state index contributed by atoms with van der Waals surface area (Å²) in [6.07, 6.45) is 1.78. The zero-order valence-corrected chi connectivity index (χ0v) is 10.4. The Morgan fingerprint density at radius 1 is 1.40 bits per heavy atom. The average molecular weight is 271 g/mol. The van der Waals surface area contributed by atoms with Crippen LogP contribution in [-0.4, -0.2) is 10.8 Å². The van der Waals surface area contributed by atoms with Gasteiger partial charge in [-0.1, -0.05) is 59.6 Å². The SMILES string of the molecule is CCCC(Br)C(=O)OCc1ccccc1. The molecule has 0 aromatic heterocycles. The van der Waals surface area contributed by atoms with Gasteiger partial charge in [-0.15, -0.1) is 0 Å². The molecule has 0 saturated heterocycles. The maximum absolute atomic E-state index is 11.4. The van der Waals surface area contributed by atoms with Crippen molar-refractivity contribution in [3.05, 3.63) is 35.9 Å². The van der Waals surface area contributed by atoms with Gasteiger partial charge in [0.1, 0.15) is 11.4 Å². The first-order valence-electron chi connectivity index (χ1n) is 5.08. The molecule has 0 bridgehead atoms. The zero-order valence-electron chi connectivity index (χ0n) is 8.78. The lowest BCUT2D eigenvalue weighted by atomic mass is 10.2. The third-order valence-electron chi connectivity index (χ3n) is 2.02. The number of halogens is 1. The van der Waals surface area contributed by atoms with Gasteiger partial charge in [-0.3, -0.25) is 4.79 Å². The zero-order chi connectivity index (χ0) is 11.1. The van der Waals surface area contributed by atoms with Crippen molar-refractivity contribution in [3.8, 4) is 0 Å². The standard InChI is InChI=1S/C12H15BrO2/c1-2-6-11(13)12(14)15-9-10-7-4-3-5-8-10/h3-5,7-8,11H,2,6,9H2,1H3. The molecular weight excluding hydrogens is 256 g/mol. The second-order valence-corrected chi connectivity index (χ2v) is 4.45. The summed E-state index contributed by atoms with van der Waals surface area (Å²) in [6, 6.07) is 9.68. The third kappa shape index (κ3) is 4.47. The number of hydrogen-bond donors (Lipinski definition) is 0. The van der Waals surface area contributed by atoms with Crippen molar-refractivity contribution in [1.82, 2.24) is 0 Å². The Hall–Kier alpha value is -0.830. The van der Waals surface area contributed by atoms with Crippen molar-refractivity contribution in [2.24, 2.45) is 0 Å². The Balaban J connectivity index is 2.34. The fourth-order valence-electron chi connectivity index (χ4n) is 1.19. The maximum atomic E-state index is 11.4. The summed E-state index contributed by atoms with van der Waals surface area (Å²) >= 11 is 3.30. The Morgan fingerprint density at radius 3 is 2.67 bits per heavy atom. The molecule has 1 aromatic carbocycles. The van der Waals surface area contributed by atoms with Gasteiger partial charge in [0, 0.05) is 0 Å². The molecule has 0 N–H and O–H groups in total. The monoisotopic (exact) mass is 270 g/mol. The van der Waals surface area contributed by atoms with Gasteiger partial charge in [-0.25, -0.2) is 0 Å². The van der Waals surface area contributed by atoms with Gasteiger partial charge in [-0.2, -0.15) is 0 Å². The van der Waals surface area contributed by atoms with Crippen LogP contribution in [0.5, 0.6) is 0 Å². The fourth-order valence-corrected chi connectivity index (χ4v) is 1.78. The minimum absolute atomic E-state index is 0.175. The van der Waals surface area contributed by atoms with E-state index in [1.165, 1.54) is 0 Å². The van der Waals surface area contributed by atoms with Crippen LogP contribution in [0.2, 0.25) is 0 Å². The van der Waals surface area contributed by atoms with Crippen LogP contribution in [0.25, 0.3) is 0 Å². The van der Waals surface area contributed by atoms with Crippen LogP contribution in [0.15, 0.2) is 30.3 Å². The van der Waals surface area contributed by atoms with Gasteiger partial charge < -0.3 is 4.74 Å². The van der Waals surface area contributed by atoms with E-state index in [9.17, 15) is 4.79 Å². The number of ether oxygens (including phenoxy) is 1. The minimum Gasteiger partial charge on any atom is -0.460 e. The number of benzene rings is 1. The summed E-state index contributed by atoms with van der Waals surface area (Å²) < 4.78 is 5.16. The fraction of sp³-hybridized carbons (Fsp3) is 0.417. The van der Waals surface area contributed by atoms with Crippen LogP contribution in [-0.2, 0) is 16.1 Å². The van der Waals surface area contributed by atoms with Crippen LogP contribution >= 0.6 is 15.9 Å². The topological polar surface area (TPSA) is 26.3 Å². The molecule has 1 unspecified atom stereocenters. The number of alkyl halides is 1. The first kappa shape index (κ1) is 12.2. The molecule has 0 radical (unpaired) electrons. The molecule has 1 aromatic rings.